The highest BCUT2D eigenvalue weighted by Gasteiger charge is 2.34. The number of alkyl halides is 3. The maximum atomic E-state index is 13.9. The van der Waals surface area contributed by atoms with Gasteiger partial charge in [0.1, 0.15) is 18.1 Å². The number of hydrogen-bond donors (Lipinski definition) is 2. The number of allylic oxidation sites excluding steroid dienone is 4. The molecule has 1 aliphatic rings. The van der Waals surface area contributed by atoms with Crippen LogP contribution in [0.5, 0.6) is 5.75 Å². The van der Waals surface area contributed by atoms with E-state index in [1.165, 1.54) is 23.3 Å². The Morgan fingerprint density at radius 1 is 1.13 bits per heavy atom. The van der Waals surface area contributed by atoms with E-state index in [1.54, 1.807) is 32.0 Å². The van der Waals surface area contributed by atoms with Crippen molar-refractivity contribution in [2.24, 2.45) is 5.92 Å². The van der Waals surface area contributed by atoms with Crippen LogP contribution in [0.15, 0.2) is 78.1 Å². The summed E-state index contributed by atoms with van der Waals surface area (Å²) in [5.41, 5.74) is 2.06. The summed E-state index contributed by atoms with van der Waals surface area (Å²) in [7, 11) is 0. The van der Waals surface area contributed by atoms with Crippen LogP contribution in [-0.2, 0) is 22.3 Å². The summed E-state index contributed by atoms with van der Waals surface area (Å²) < 4.78 is 53.1. The van der Waals surface area contributed by atoms with E-state index in [-0.39, 0.29) is 31.0 Å². The molecule has 0 radical (unpaired) electrons. The van der Waals surface area contributed by atoms with Gasteiger partial charge in [0.05, 0.1) is 17.8 Å². The van der Waals surface area contributed by atoms with Crippen molar-refractivity contribution < 1.29 is 37.7 Å². The van der Waals surface area contributed by atoms with Crippen molar-refractivity contribution in [2.75, 3.05) is 6.61 Å². The van der Waals surface area contributed by atoms with Crippen LogP contribution < -0.4 is 4.74 Å². The van der Waals surface area contributed by atoms with Gasteiger partial charge < -0.3 is 19.7 Å². The number of carbonyl (C=O) groups is 1. The molecule has 2 N–H and O–H groups in total. The Morgan fingerprint density at radius 3 is 2.41 bits per heavy atom. The molecule has 212 valence electrons. The van der Waals surface area contributed by atoms with E-state index in [0.29, 0.717) is 23.7 Å². The van der Waals surface area contributed by atoms with E-state index in [0.717, 1.165) is 24.5 Å². The van der Waals surface area contributed by atoms with Gasteiger partial charge in [0.2, 0.25) is 0 Å². The fraction of sp³-hybridized carbons (Fsp3) is 0.387. The third-order valence-electron chi connectivity index (χ3n) is 6.17. The summed E-state index contributed by atoms with van der Waals surface area (Å²) in [5.74, 6) is 1.24. The predicted molar refractivity (Wildman–Crippen MR) is 146 cm³/mol. The van der Waals surface area contributed by atoms with E-state index in [1.807, 2.05) is 19.1 Å². The quantitative estimate of drug-likeness (QED) is 0.247. The normalized spacial score (nSPS) is 17.5. The van der Waals surface area contributed by atoms with Crippen molar-refractivity contribution in [1.29, 1.82) is 0 Å². The predicted octanol–water partition coefficient (Wildman–Crippen LogP) is 7.95. The highest BCUT2D eigenvalue weighted by molar-refractivity contribution is 5.69. The first-order valence-electron chi connectivity index (χ1n) is 12.7. The Morgan fingerprint density at radius 2 is 1.79 bits per heavy atom. The SMILES string of the molecule is C=C(/C=C1/CC(C)C/C1=C/C)OCc1cccc(-c2ccc(OCCC(C)(C)O)cc2C(F)(F)F)c1.O=CO. The Hall–Kier alpha value is -3.52. The molecule has 0 bridgehead atoms. The second-order valence-electron chi connectivity index (χ2n) is 10.2. The minimum Gasteiger partial charge on any atom is -0.493 e. The molecule has 1 aliphatic carbocycles. The number of benzene rings is 2. The molecule has 0 aromatic heterocycles. The first kappa shape index (κ1) is 31.7. The largest absolute Gasteiger partial charge is 0.493 e. The van der Waals surface area contributed by atoms with Gasteiger partial charge in [0.25, 0.3) is 6.47 Å². The lowest BCUT2D eigenvalue weighted by molar-refractivity contribution is -0.137. The summed E-state index contributed by atoms with van der Waals surface area (Å²) in [6, 6.07) is 10.9. The zero-order valence-electron chi connectivity index (χ0n) is 22.8. The maximum absolute atomic E-state index is 13.9. The topological polar surface area (TPSA) is 76.0 Å². The molecule has 2 aromatic rings. The van der Waals surface area contributed by atoms with Crippen LogP contribution in [0.25, 0.3) is 11.1 Å². The summed E-state index contributed by atoms with van der Waals surface area (Å²) >= 11 is 0. The van der Waals surface area contributed by atoms with Crippen LogP contribution >= 0.6 is 0 Å². The average molecular weight is 547 g/mol. The van der Waals surface area contributed by atoms with E-state index < -0.39 is 17.3 Å². The standard InChI is InChI=1S/C30H35F3O3.CH2O2/c1-6-23-14-20(2)15-25(23)16-21(3)36-19-22-8-7-9-24(17-22)27-11-10-26(18-28(27)30(31,32)33)35-13-12-29(4,5)34;2-1-3/h6-11,16-18,20,34H,3,12-15,19H2,1-2,4-5H3;1H,(H,2,3)/b23-6-,25-16-;. The van der Waals surface area contributed by atoms with Crippen molar-refractivity contribution >= 4 is 6.47 Å². The summed E-state index contributed by atoms with van der Waals surface area (Å²) in [6.07, 6.45) is 1.85. The van der Waals surface area contributed by atoms with E-state index in [2.05, 4.69) is 19.6 Å². The molecule has 2 aromatic carbocycles. The molecule has 8 heteroatoms. The van der Waals surface area contributed by atoms with Gasteiger partial charge in [0, 0.05) is 6.42 Å². The van der Waals surface area contributed by atoms with Crippen LogP contribution in [0, 0.1) is 5.92 Å². The van der Waals surface area contributed by atoms with Crippen molar-refractivity contribution in [3.63, 3.8) is 0 Å². The smallest absolute Gasteiger partial charge is 0.417 e. The second-order valence-corrected chi connectivity index (χ2v) is 10.2. The summed E-state index contributed by atoms with van der Waals surface area (Å²) in [6.45, 7) is 11.6. The highest BCUT2D eigenvalue weighted by atomic mass is 19.4. The molecule has 0 spiro atoms. The third-order valence-corrected chi connectivity index (χ3v) is 6.17. The lowest BCUT2D eigenvalue weighted by Gasteiger charge is -2.19. The zero-order valence-corrected chi connectivity index (χ0v) is 22.8. The number of ether oxygens (including phenoxy) is 2. The molecule has 1 atom stereocenters. The average Bonchev–Trinajstić information content (AvgIpc) is 3.21. The summed E-state index contributed by atoms with van der Waals surface area (Å²) in [4.78, 5) is 8.36. The number of hydrogen-bond acceptors (Lipinski definition) is 4. The van der Waals surface area contributed by atoms with E-state index >= 15 is 0 Å². The van der Waals surface area contributed by atoms with Gasteiger partial charge in [0.15, 0.2) is 0 Å². The molecular weight excluding hydrogens is 509 g/mol. The first-order valence-corrected chi connectivity index (χ1v) is 12.7. The van der Waals surface area contributed by atoms with Crippen molar-refractivity contribution in [2.45, 2.75) is 65.3 Å². The fourth-order valence-electron chi connectivity index (χ4n) is 4.30. The Balaban J connectivity index is 0.00000170. The van der Waals surface area contributed by atoms with Gasteiger partial charge in [-0.1, -0.05) is 43.8 Å². The van der Waals surface area contributed by atoms with E-state index in [9.17, 15) is 18.3 Å². The number of aliphatic hydroxyl groups is 1. The van der Waals surface area contributed by atoms with Crippen LogP contribution in [-0.4, -0.2) is 28.9 Å². The second kappa shape index (κ2) is 14.0. The number of rotatable bonds is 9. The number of halogens is 3. The number of carboxylic acid groups (broad SMARTS) is 1. The van der Waals surface area contributed by atoms with E-state index in [4.69, 9.17) is 19.4 Å². The lowest BCUT2D eigenvalue weighted by atomic mass is 9.97. The first-order chi connectivity index (χ1) is 18.3. The molecule has 5 nitrogen and oxygen atoms in total. The van der Waals surface area contributed by atoms with Gasteiger partial charge in [-0.3, -0.25) is 4.79 Å². The highest BCUT2D eigenvalue weighted by Crippen LogP contribution is 2.40. The maximum Gasteiger partial charge on any atom is 0.417 e. The molecule has 1 unspecified atom stereocenters. The summed E-state index contributed by atoms with van der Waals surface area (Å²) in [5, 5.41) is 16.7. The van der Waals surface area contributed by atoms with Gasteiger partial charge in [-0.2, -0.15) is 13.2 Å². The van der Waals surface area contributed by atoms with Gasteiger partial charge in [-0.25, -0.2) is 0 Å². The van der Waals surface area contributed by atoms with Gasteiger partial charge in [-0.05, 0) is 91.6 Å². The molecule has 3 rings (SSSR count). The minimum absolute atomic E-state index is 0.0674. The van der Waals surface area contributed by atoms with Crippen LogP contribution in [0.2, 0.25) is 0 Å². The monoisotopic (exact) mass is 546 g/mol. The van der Waals surface area contributed by atoms with Crippen LogP contribution in [0.4, 0.5) is 13.2 Å². The molecule has 0 amide bonds. The molecule has 39 heavy (non-hydrogen) atoms. The third kappa shape index (κ3) is 10.3. The molecular formula is C31H37F3O5. The Kier molecular flexibility index (Phi) is 11.4. The molecule has 0 heterocycles. The molecule has 1 saturated carbocycles. The van der Waals surface area contributed by atoms with Gasteiger partial charge >= 0.3 is 6.18 Å². The zero-order chi connectivity index (χ0) is 29.2. The Labute approximate surface area is 228 Å². The minimum atomic E-state index is -4.55. The van der Waals surface area contributed by atoms with Crippen molar-refractivity contribution in [1.82, 2.24) is 0 Å². The van der Waals surface area contributed by atoms with Crippen LogP contribution in [0.1, 0.15) is 58.1 Å². The van der Waals surface area contributed by atoms with Gasteiger partial charge in [-0.15, -0.1) is 0 Å². The lowest BCUT2D eigenvalue weighted by Crippen LogP contribution is -2.21. The molecule has 0 aliphatic heterocycles. The Bertz CT molecular complexity index is 1190. The molecule has 1 fully saturated rings. The van der Waals surface area contributed by atoms with Crippen molar-refractivity contribution in [3.05, 3.63) is 89.2 Å². The fourth-order valence-corrected chi connectivity index (χ4v) is 4.30. The van der Waals surface area contributed by atoms with Crippen molar-refractivity contribution in [3.8, 4) is 16.9 Å². The van der Waals surface area contributed by atoms with Crippen LogP contribution in [0.3, 0.4) is 0 Å². The molecule has 0 saturated heterocycles.